The van der Waals surface area contributed by atoms with Crippen LogP contribution < -0.4 is 21.9 Å². The lowest BCUT2D eigenvalue weighted by Crippen LogP contribution is -2.42. The molecule has 0 saturated carbocycles. The van der Waals surface area contributed by atoms with Gasteiger partial charge in [-0.05, 0) is 28.7 Å². The van der Waals surface area contributed by atoms with Crippen LogP contribution in [0.15, 0.2) is 94.5 Å². The monoisotopic (exact) mass is 482 g/mol. The summed E-state index contributed by atoms with van der Waals surface area (Å²) in [6.07, 6.45) is 1.63. The summed E-state index contributed by atoms with van der Waals surface area (Å²) in [5.41, 5.74) is 8.96. The van der Waals surface area contributed by atoms with Crippen molar-refractivity contribution < 1.29 is 4.79 Å². The van der Waals surface area contributed by atoms with Crippen molar-refractivity contribution in [2.24, 2.45) is 0 Å². The number of unbranched alkanes of at least 4 members (excludes halogenated alkanes) is 1. The first-order chi connectivity index (χ1) is 17.5. The fourth-order valence-corrected chi connectivity index (χ4v) is 4.15. The summed E-state index contributed by atoms with van der Waals surface area (Å²) in [5.74, 6) is -0.269. The van der Waals surface area contributed by atoms with Gasteiger partial charge >= 0.3 is 5.69 Å². The van der Waals surface area contributed by atoms with Crippen LogP contribution in [0.3, 0.4) is 0 Å². The van der Waals surface area contributed by atoms with Gasteiger partial charge in [-0.15, -0.1) is 0 Å². The average molecular weight is 483 g/mol. The molecule has 0 radical (unpaired) electrons. The van der Waals surface area contributed by atoms with Crippen LogP contribution in [-0.4, -0.2) is 22.0 Å². The normalized spacial score (nSPS) is 10.8. The Hall–Kier alpha value is -4.39. The summed E-state index contributed by atoms with van der Waals surface area (Å²) in [5, 5.41) is 0. The van der Waals surface area contributed by atoms with E-state index in [-0.39, 0.29) is 30.4 Å². The minimum atomic E-state index is -0.661. The van der Waals surface area contributed by atoms with Gasteiger partial charge in [0.05, 0.1) is 13.0 Å². The molecule has 1 heterocycles. The number of aromatic amines is 1. The number of carbonyl (C=O) groups excluding carboxylic acids is 1. The van der Waals surface area contributed by atoms with Gasteiger partial charge in [-0.1, -0.05) is 98.3 Å². The molecular weight excluding hydrogens is 452 g/mol. The van der Waals surface area contributed by atoms with Crippen LogP contribution in [0, 0.1) is 0 Å². The van der Waals surface area contributed by atoms with Crippen LogP contribution in [0.5, 0.6) is 0 Å². The van der Waals surface area contributed by atoms with Crippen LogP contribution in [0.25, 0.3) is 11.1 Å². The van der Waals surface area contributed by atoms with Crippen molar-refractivity contribution in [2.45, 2.75) is 32.7 Å². The van der Waals surface area contributed by atoms with Crippen LogP contribution in [0.1, 0.15) is 30.9 Å². The van der Waals surface area contributed by atoms with E-state index in [0.717, 1.165) is 28.7 Å². The van der Waals surface area contributed by atoms with Crippen molar-refractivity contribution in [3.63, 3.8) is 0 Å². The predicted molar refractivity (Wildman–Crippen MR) is 144 cm³/mol. The molecule has 184 valence electrons. The van der Waals surface area contributed by atoms with Crippen molar-refractivity contribution in [3.05, 3.63) is 117 Å². The number of anilines is 2. The predicted octanol–water partition coefficient (Wildman–Crippen LogP) is 4.21. The molecule has 0 aliphatic rings. The van der Waals surface area contributed by atoms with E-state index in [2.05, 4.69) is 4.98 Å². The van der Waals surface area contributed by atoms with Crippen LogP contribution >= 0.6 is 0 Å². The Kier molecular flexibility index (Phi) is 7.80. The first kappa shape index (κ1) is 24.7. The number of rotatable bonds is 9. The second-order valence-electron chi connectivity index (χ2n) is 8.70. The highest BCUT2D eigenvalue weighted by atomic mass is 16.2. The molecule has 0 bridgehead atoms. The summed E-state index contributed by atoms with van der Waals surface area (Å²) in [6, 6.07) is 27.2. The first-order valence-corrected chi connectivity index (χ1v) is 12.1. The lowest BCUT2D eigenvalue weighted by molar-refractivity contribution is -0.118. The molecule has 0 aliphatic heterocycles. The summed E-state index contributed by atoms with van der Waals surface area (Å²) in [7, 11) is 0. The molecule has 7 nitrogen and oxygen atoms in total. The third kappa shape index (κ3) is 5.63. The lowest BCUT2D eigenvalue weighted by Gasteiger charge is -2.24. The molecule has 0 spiro atoms. The van der Waals surface area contributed by atoms with Crippen LogP contribution in [-0.2, 0) is 17.8 Å². The molecule has 36 heavy (non-hydrogen) atoms. The first-order valence-electron chi connectivity index (χ1n) is 12.1. The second kappa shape index (κ2) is 11.4. The Bertz CT molecular complexity index is 1430. The molecule has 7 heteroatoms. The van der Waals surface area contributed by atoms with Gasteiger partial charge in [-0.3, -0.25) is 19.1 Å². The maximum atomic E-state index is 13.5. The molecule has 1 aromatic heterocycles. The van der Waals surface area contributed by atoms with E-state index < -0.39 is 11.2 Å². The van der Waals surface area contributed by atoms with E-state index in [0.29, 0.717) is 13.0 Å². The Morgan fingerprint density at radius 2 is 1.47 bits per heavy atom. The van der Waals surface area contributed by atoms with Crippen molar-refractivity contribution >= 4 is 17.4 Å². The number of amides is 1. The summed E-state index contributed by atoms with van der Waals surface area (Å²) in [6.45, 7) is 2.52. The quantitative estimate of drug-likeness (QED) is 0.373. The highest BCUT2D eigenvalue weighted by molar-refractivity contribution is 5.96. The average Bonchev–Trinajstić information content (AvgIpc) is 2.90. The maximum Gasteiger partial charge on any atom is 0.330 e. The fraction of sp³-hybridized carbons (Fsp3) is 0.207. The zero-order chi connectivity index (χ0) is 25.5. The highest BCUT2D eigenvalue weighted by Gasteiger charge is 2.24. The number of nitrogens with zero attached hydrogens (tertiary/aromatic N) is 2. The van der Waals surface area contributed by atoms with Crippen molar-refractivity contribution in [3.8, 4) is 11.1 Å². The van der Waals surface area contributed by atoms with Crippen LogP contribution in [0.4, 0.5) is 11.5 Å². The van der Waals surface area contributed by atoms with Gasteiger partial charge < -0.3 is 10.6 Å². The molecule has 0 unspecified atom stereocenters. The van der Waals surface area contributed by atoms with Gasteiger partial charge in [0.2, 0.25) is 5.91 Å². The van der Waals surface area contributed by atoms with Gasteiger partial charge in [0.1, 0.15) is 5.82 Å². The molecule has 3 N–H and O–H groups in total. The minimum Gasteiger partial charge on any atom is -0.383 e. The van der Waals surface area contributed by atoms with E-state index in [1.165, 1.54) is 9.47 Å². The van der Waals surface area contributed by atoms with Gasteiger partial charge in [0.25, 0.3) is 5.56 Å². The Morgan fingerprint density at radius 3 is 2.11 bits per heavy atom. The Morgan fingerprint density at radius 1 is 0.861 bits per heavy atom. The maximum absolute atomic E-state index is 13.5. The molecule has 0 saturated heterocycles. The van der Waals surface area contributed by atoms with Gasteiger partial charge in [-0.25, -0.2) is 4.79 Å². The molecule has 4 rings (SSSR count). The van der Waals surface area contributed by atoms with E-state index >= 15 is 0 Å². The number of aromatic nitrogens is 2. The topological polar surface area (TPSA) is 101 Å². The zero-order valence-corrected chi connectivity index (χ0v) is 20.3. The smallest absolute Gasteiger partial charge is 0.330 e. The number of carbonyl (C=O) groups is 1. The number of benzene rings is 3. The van der Waals surface area contributed by atoms with E-state index in [1.54, 1.807) is 0 Å². The number of hydrogen-bond acceptors (Lipinski definition) is 4. The summed E-state index contributed by atoms with van der Waals surface area (Å²) < 4.78 is 1.30. The Labute approximate surface area is 209 Å². The van der Waals surface area contributed by atoms with E-state index in [4.69, 9.17) is 5.73 Å². The standard InChI is InChI=1S/C29H30N4O3/c1-2-3-18-32(25(34)19-21-14-16-24(17-15-21)23-12-8-5-9-13-23)26-27(30)33(29(36)31-28(26)35)20-22-10-6-4-7-11-22/h4-17H,2-3,18-20,30H2,1H3,(H,31,35,36). The number of hydrogen-bond donors (Lipinski definition) is 2. The fourth-order valence-electron chi connectivity index (χ4n) is 4.15. The largest absolute Gasteiger partial charge is 0.383 e. The number of nitrogens with one attached hydrogen (secondary N) is 1. The molecule has 0 aliphatic carbocycles. The molecular formula is C29H30N4O3. The second-order valence-corrected chi connectivity index (χ2v) is 8.70. The molecule has 0 atom stereocenters. The van der Waals surface area contributed by atoms with Crippen molar-refractivity contribution in [1.82, 2.24) is 9.55 Å². The number of H-pyrrole nitrogens is 1. The van der Waals surface area contributed by atoms with Gasteiger partial charge in [-0.2, -0.15) is 0 Å². The SMILES string of the molecule is CCCCN(C(=O)Cc1ccc(-c2ccccc2)cc1)c1c(N)n(Cc2ccccc2)c(=O)[nH]c1=O. The third-order valence-electron chi connectivity index (χ3n) is 6.12. The van der Waals surface area contributed by atoms with E-state index in [1.807, 2.05) is 91.9 Å². The number of nitrogen functional groups attached to an aromatic ring is 1. The molecule has 0 fully saturated rings. The molecule has 1 amide bonds. The Balaban J connectivity index is 1.64. The molecule has 3 aromatic carbocycles. The number of nitrogens with two attached hydrogens (primary N) is 1. The van der Waals surface area contributed by atoms with E-state index in [9.17, 15) is 14.4 Å². The summed E-state index contributed by atoms with van der Waals surface area (Å²) >= 11 is 0. The van der Waals surface area contributed by atoms with Crippen molar-refractivity contribution in [1.29, 1.82) is 0 Å². The van der Waals surface area contributed by atoms with Gasteiger partial charge in [0, 0.05) is 6.54 Å². The third-order valence-corrected chi connectivity index (χ3v) is 6.12. The summed E-state index contributed by atoms with van der Waals surface area (Å²) in [4.78, 5) is 42.7. The molecule has 4 aromatic rings. The van der Waals surface area contributed by atoms with Gasteiger partial charge in [0.15, 0.2) is 5.69 Å². The van der Waals surface area contributed by atoms with Crippen molar-refractivity contribution in [2.75, 3.05) is 17.2 Å². The lowest BCUT2D eigenvalue weighted by atomic mass is 10.0. The zero-order valence-electron chi connectivity index (χ0n) is 20.3. The van der Waals surface area contributed by atoms with Crippen LogP contribution in [0.2, 0.25) is 0 Å². The highest BCUT2D eigenvalue weighted by Crippen LogP contribution is 2.22. The minimum absolute atomic E-state index is 0.0171.